The van der Waals surface area contributed by atoms with Crippen LogP contribution in [0.25, 0.3) is 0 Å². The van der Waals surface area contributed by atoms with Crippen LogP contribution in [0.4, 0.5) is 11.4 Å². The smallest absolute Gasteiger partial charge is 0.252 e. The topological polar surface area (TPSA) is 43.4 Å². The first-order chi connectivity index (χ1) is 21.5. The van der Waals surface area contributed by atoms with Gasteiger partial charge in [0, 0.05) is 82.5 Å². The number of aryl methyl sites for hydroxylation is 2. The predicted octanol–water partition coefficient (Wildman–Crippen LogP) is 8.53. The van der Waals surface area contributed by atoms with Crippen LogP contribution in [0, 0.1) is 13.8 Å². The maximum Gasteiger partial charge on any atom is 0.252 e. The van der Waals surface area contributed by atoms with E-state index >= 15 is 0 Å². The van der Waals surface area contributed by atoms with Crippen LogP contribution in [0.15, 0.2) is 72.8 Å². The third-order valence-corrected chi connectivity index (χ3v) is 10.1. The molecule has 1 spiro atoms. The molecule has 0 amide bonds. The van der Waals surface area contributed by atoms with E-state index in [1.54, 1.807) is 0 Å². The highest BCUT2D eigenvalue weighted by Gasteiger charge is 2.53. The zero-order chi connectivity index (χ0) is 31.1. The van der Waals surface area contributed by atoms with E-state index in [9.17, 15) is 0 Å². The van der Waals surface area contributed by atoms with Crippen molar-refractivity contribution in [1.82, 2.24) is 0 Å². The van der Waals surface area contributed by atoms with Crippen LogP contribution in [0.1, 0.15) is 73.9 Å². The summed E-state index contributed by atoms with van der Waals surface area (Å²) in [4.78, 5) is 4.55. The number of rotatable bonds is 2. The van der Waals surface area contributed by atoms with Crippen molar-refractivity contribution in [2.45, 2.75) is 84.1 Å². The average Bonchev–Trinajstić information content (AvgIpc) is 2.99. The minimum atomic E-state index is -0.791. The first kappa shape index (κ1) is 28.2. The molecule has 4 heterocycles. The summed E-state index contributed by atoms with van der Waals surface area (Å²) in [6.45, 7) is 16.1. The van der Waals surface area contributed by atoms with E-state index in [2.05, 4.69) is 124 Å². The molecule has 0 unspecified atom stereocenters. The molecule has 0 aromatic heterocycles. The molecule has 4 aliphatic heterocycles. The van der Waals surface area contributed by atoms with E-state index in [4.69, 9.17) is 18.9 Å². The Kier molecular flexibility index (Phi) is 6.16. The van der Waals surface area contributed by atoms with E-state index in [-0.39, 0.29) is 10.8 Å². The summed E-state index contributed by atoms with van der Waals surface area (Å²) in [6, 6.07) is 26.1. The molecule has 6 nitrogen and oxygen atoms in total. The lowest BCUT2D eigenvalue weighted by molar-refractivity contribution is -0.166. The molecule has 45 heavy (non-hydrogen) atoms. The van der Waals surface area contributed by atoms with Gasteiger partial charge in [0.25, 0.3) is 5.79 Å². The standard InChI is InChI=1S/C39H42N2O4/c1-25-7-11-29(12-8-25)40-19-27-15-31-35(17-33(27)42-23-40)44-39(21-37(31,3)4)22-38(5,6)32-16-28-20-41(30-13-9-26(2)10-14-30)24-43-34(28)18-36(32)45-39/h7-18H,19-24H2,1-6H3. The molecule has 0 saturated heterocycles. The normalized spacial score (nSPS) is 20.0. The quantitative estimate of drug-likeness (QED) is 0.229. The van der Waals surface area contributed by atoms with Crippen molar-refractivity contribution in [3.05, 3.63) is 106 Å². The van der Waals surface area contributed by atoms with E-state index in [1.807, 2.05) is 0 Å². The average molecular weight is 603 g/mol. The number of hydrogen-bond donors (Lipinski definition) is 0. The van der Waals surface area contributed by atoms with E-state index in [0.717, 1.165) is 48.9 Å². The van der Waals surface area contributed by atoms with Gasteiger partial charge >= 0.3 is 0 Å². The van der Waals surface area contributed by atoms with Crippen LogP contribution in [-0.4, -0.2) is 19.2 Å². The fraction of sp³-hybridized carbons (Fsp3) is 0.385. The lowest BCUT2D eigenvalue weighted by Gasteiger charge is -2.51. The van der Waals surface area contributed by atoms with Gasteiger partial charge in [-0.15, -0.1) is 0 Å². The summed E-state index contributed by atoms with van der Waals surface area (Å²) in [5.41, 5.74) is 9.31. The fourth-order valence-corrected chi connectivity index (χ4v) is 7.76. The Morgan fingerprint density at radius 1 is 0.533 bits per heavy atom. The fourth-order valence-electron chi connectivity index (χ4n) is 7.76. The number of fused-ring (bicyclic) bond motifs is 4. The second-order valence-electron chi connectivity index (χ2n) is 14.8. The van der Waals surface area contributed by atoms with Crippen LogP contribution >= 0.6 is 0 Å². The molecule has 0 fully saturated rings. The number of ether oxygens (including phenoxy) is 4. The van der Waals surface area contributed by atoms with Gasteiger partial charge in [-0.2, -0.15) is 0 Å². The monoisotopic (exact) mass is 602 g/mol. The van der Waals surface area contributed by atoms with Gasteiger partial charge in [0.05, 0.1) is 0 Å². The van der Waals surface area contributed by atoms with Crippen LogP contribution in [0.5, 0.6) is 23.0 Å². The van der Waals surface area contributed by atoms with Crippen molar-refractivity contribution in [2.75, 3.05) is 23.3 Å². The Morgan fingerprint density at radius 3 is 1.33 bits per heavy atom. The predicted molar refractivity (Wildman–Crippen MR) is 178 cm³/mol. The van der Waals surface area contributed by atoms with Crippen molar-refractivity contribution < 1.29 is 18.9 Å². The summed E-state index contributed by atoms with van der Waals surface area (Å²) >= 11 is 0. The van der Waals surface area contributed by atoms with Gasteiger partial charge in [-0.3, -0.25) is 0 Å². The number of nitrogens with zero attached hydrogens (tertiary/aromatic N) is 2. The number of anilines is 2. The molecular weight excluding hydrogens is 560 g/mol. The maximum absolute atomic E-state index is 6.94. The van der Waals surface area contributed by atoms with Gasteiger partial charge in [0.15, 0.2) is 13.5 Å². The van der Waals surface area contributed by atoms with Gasteiger partial charge in [0.2, 0.25) is 0 Å². The van der Waals surface area contributed by atoms with Gasteiger partial charge in [0.1, 0.15) is 23.0 Å². The zero-order valence-corrected chi connectivity index (χ0v) is 27.2. The summed E-state index contributed by atoms with van der Waals surface area (Å²) < 4.78 is 26.5. The molecule has 0 atom stereocenters. The molecule has 0 N–H and O–H groups in total. The van der Waals surface area contributed by atoms with Gasteiger partial charge in [-0.05, 0) is 50.2 Å². The summed E-state index contributed by atoms with van der Waals surface area (Å²) in [5.74, 6) is 2.70. The summed E-state index contributed by atoms with van der Waals surface area (Å²) in [5, 5.41) is 0. The van der Waals surface area contributed by atoms with Crippen LogP contribution in [-0.2, 0) is 23.9 Å². The van der Waals surface area contributed by atoms with E-state index < -0.39 is 5.79 Å². The van der Waals surface area contributed by atoms with Crippen molar-refractivity contribution in [3.8, 4) is 23.0 Å². The molecule has 6 heteroatoms. The highest BCUT2D eigenvalue weighted by molar-refractivity contribution is 5.58. The van der Waals surface area contributed by atoms with Crippen molar-refractivity contribution in [2.24, 2.45) is 0 Å². The summed E-state index contributed by atoms with van der Waals surface area (Å²) in [6.07, 6.45) is 1.49. The Balaban J connectivity index is 1.09. The maximum atomic E-state index is 6.94. The molecule has 4 aliphatic rings. The van der Waals surface area contributed by atoms with Gasteiger partial charge in [-0.25, -0.2) is 0 Å². The SMILES string of the molecule is Cc1ccc(N2COc3cc4c(cc3C2)C(C)(C)CC2(CC(C)(C)c3cc5c(cc3O2)OCN(c2ccc(C)cc2)C5)O4)cc1. The number of hydrogen-bond acceptors (Lipinski definition) is 6. The largest absolute Gasteiger partial charge is 0.473 e. The lowest BCUT2D eigenvalue weighted by atomic mass is 9.68. The molecule has 0 radical (unpaired) electrons. The molecule has 4 aromatic carbocycles. The Morgan fingerprint density at radius 2 is 0.933 bits per heavy atom. The second kappa shape index (κ2) is 9.84. The van der Waals surface area contributed by atoms with E-state index in [1.165, 1.54) is 44.8 Å². The highest BCUT2D eigenvalue weighted by Crippen LogP contribution is 2.55. The van der Waals surface area contributed by atoms with Crippen LogP contribution in [0.2, 0.25) is 0 Å². The minimum Gasteiger partial charge on any atom is -0.473 e. The van der Waals surface area contributed by atoms with Crippen molar-refractivity contribution in [1.29, 1.82) is 0 Å². The third kappa shape index (κ3) is 4.86. The number of benzene rings is 4. The molecule has 232 valence electrons. The summed E-state index contributed by atoms with van der Waals surface area (Å²) in [7, 11) is 0. The first-order valence-corrected chi connectivity index (χ1v) is 16.1. The van der Waals surface area contributed by atoms with Crippen molar-refractivity contribution >= 4 is 11.4 Å². The van der Waals surface area contributed by atoms with Gasteiger partial charge < -0.3 is 28.7 Å². The molecule has 8 rings (SSSR count). The lowest BCUT2D eigenvalue weighted by Crippen LogP contribution is -2.55. The Bertz CT molecular complexity index is 1660. The van der Waals surface area contributed by atoms with Crippen LogP contribution < -0.4 is 28.7 Å². The molecule has 0 aliphatic carbocycles. The van der Waals surface area contributed by atoms with E-state index in [0.29, 0.717) is 13.5 Å². The first-order valence-electron chi connectivity index (χ1n) is 16.1. The third-order valence-electron chi connectivity index (χ3n) is 10.1. The second-order valence-corrected chi connectivity index (χ2v) is 14.8. The van der Waals surface area contributed by atoms with Crippen LogP contribution in [0.3, 0.4) is 0 Å². The zero-order valence-electron chi connectivity index (χ0n) is 27.2. The van der Waals surface area contributed by atoms with Crippen molar-refractivity contribution in [3.63, 3.8) is 0 Å². The van der Waals surface area contributed by atoms with Gasteiger partial charge in [-0.1, -0.05) is 63.1 Å². The Labute approximate surface area is 266 Å². The molecule has 0 saturated carbocycles. The molecule has 0 bridgehead atoms. The molecular formula is C39H42N2O4. The minimum absolute atomic E-state index is 0.165. The highest BCUT2D eigenvalue weighted by atomic mass is 16.7. The Hall–Kier alpha value is -4.32. The molecule has 4 aromatic rings.